The lowest BCUT2D eigenvalue weighted by molar-refractivity contribution is -0.153. The molecule has 2 rings (SSSR count). The number of ether oxygens (including phenoxy) is 1. The van der Waals surface area contributed by atoms with Crippen molar-refractivity contribution in [1.29, 1.82) is 0 Å². The predicted octanol–water partition coefficient (Wildman–Crippen LogP) is 1.98. The van der Waals surface area contributed by atoms with Crippen LogP contribution in [0.1, 0.15) is 19.4 Å². The minimum Gasteiger partial charge on any atom is -0.479 e. The first-order chi connectivity index (χ1) is 8.58. The van der Waals surface area contributed by atoms with E-state index in [4.69, 9.17) is 9.84 Å². The van der Waals surface area contributed by atoms with Gasteiger partial charge in [-0.25, -0.2) is 4.79 Å². The van der Waals surface area contributed by atoms with Crippen LogP contribution in [0.5, 0.6) is 0 Å². The molecule has 0 aliphatic carbocycles. The maximum atomic E-state index is 11.1. The van der Waals surface area contributed by atoms with Gasteiger partial charge in [0.25, 0.3) is 0 Å². The molecule has 0 spiro atoms. The van der Waals surface area contributed by atoms with Crippen LogP contribution >= 0.6 is 0 Å². The zero-order valence-electron chi connectivity index (χ0n) is 10.4. The summed E-state index contributed by atoms with van der Waals surface area (Å²) >= 11 is 0. The van der Waals surface area contributed by atoms with Crippen molar-refractivity contribution in [1.82, 2.24) is 9.97 Å². The highest BCUT2D eigenvalue weighted by molar-refractivity contribution is 5.80. The second kappa shape index (κ2) is 5.18. The first-order valence-corrected chi connectivity index (χ1v) is 5.87. The Morgan fingerprint density at radius 3 is 3.00 bits per heavy atom. The van der Waals surface area contributed by atoms with E-state index in [0.717, 1.165) is 16.6 Å². The average molecular weight is 248 g/mol. The molecule has 0 aromatic carbocycles. The van der Waals surface area contributed by atoms with Crippen molar-refractivity contribution < 1.29 is 14.6 Å². The molecular weight excluding hydrogens is 232 g/mol. The quantitative estimate of drug-likeness (QED) is 0.848. The molecule has 0 fully saturated rings. The molecule has 96 valence electrons. The van der Waals surface area contributed by atoms with Crippen molar-refractivity contribution in [2.24, 2.45) is 0 Å². The number of carboxylic acids is 1. The molecule has 0 saturated heterocycles. The monoisotopic (exact) mass is 248 g/mol. The van der Waals surface area contributed by atoms with E-state index in [1.807, 2.05) is 26.0 Å². The van der Waals surface area contributed by atoms with Crippen LogP contribution in [0.15, 0.2) is 24.5 Å². The van der Waals surface area contributed by atoms with E-state index in [0.29, 0.717) is 6.42 Å². The van der Waals surface area contributed by atoms with E-state index in [9.17, 15) is 4.79 Å². The highest BCUT2D eigenvalue weighted by Crippen LogP contribution is 2.18. The summed E-state index contributed by atoms with van der Waals surface area (Å²) in [5.74, 6) is -0.950. The fourth-order valence-corrected chi connectivity index (χ4v) is 1.89. The van der Waals surface area contributed by atoms with E-state index in [2.05, 4.69) is 9.97 Å². The summed E-state index contributed by atoms with van der Waals surface area (Å²) in [6.07, 6.45) is 2.83. The third-order valence-electron chi connectivity index (χ3n) is 2.63. The molecule has 0 aliphatic rings. The number of aromatic nitrogens is 2. The molecule has 2 N–H and O–H groups in total. The van der Waals surface area contributed by atoms with Crippen LogP contribution in [-0.2, 0) is 16.0 Å². The van der Waals surface area contributed by atoms with Crippen molar-refractivity contribution in [2.75, 3.05) is 0 Å². The summed E-state index contributed by atoms with van der Waals surface area (Å²) in [5.41, 5.74) is 2.57. The summed E-state index contributed by atoms with van der Waals surface area (Å²) in [4.78, 5) is 18.5. The van der Waals surface area contributed by atoms with Crippen molar-refractivity contribution in [3.63, 3.8) is 0 Å². The number of hydrogen-bond donors (Lipinski definition) is 2. The third-order valence-corrected chi connectivity index (χ3v) is 2.63. The summed E-state index contributed by atoms with van der Waals surface area (Å²) in [6, 6.07) is 3.74. The Labute approximate surface area is 105 Å². The smallest absolute Gasteiger partial charge is 0.333 e. The van der Waals surface area contributed by atoms with Gasteiger partial charge in [-0.05, 0) is 31.5 Å². The molecule has 1 atom stereocenters. The number of aromatic amines is 1. The summed E-state index contributed by atoms with van der Waals surface area (Å²) in [6.45, 7) is 3.65. The zero-order chi connectivity index (χ0) is 13.1. The number of nitrogens with zero attached hydrogens (tertiary/aromatic N) is 1. The first kappa shape index (κ1) is 12.6. The molecular formula is C13H16N2O3. The third kappa shape index (κ3) is 2.68. The van der Waals surface area contributed by atoms with Gasteiger partial charge in [0.05, 0.1) is 17.1 Å². The second-order valence-corrected chi connectivity index (χ2v) is 4.43. The van der Waals surface area contributed by atoms with Crippen LogP contribution in [-0.4, -0.2) is 33.3 Å². The molecule has 5 heteroatoms. The summed E-state index contributed by atoms with van der Waals surface area (Å²) < 4.78 is 5.39. The van der Waals surface area contributed by atoms with Crippen molar-refractivity contribution in [3.8, 4) is 0 Å². The normalized spacial score (nSPS) is 13.1. The van der Waals surface area contributed by atoms with E-state index >= 15 is 0 Å². The van der Waals surface area contributed by atoms with Gasteiger partial charge in [0.1, 0.15) is 0 Å². The van der Waals surface area contributed by atoms with E-state index in [1.54, 1.807) is 12.4 Å². The fraction of sp³-hybridized carbons (Fsp3) is 0.385. The number of nitrogens with one attached hydrogen (secondary N) is 1. The molecule has 0 amide bonds. The van der Waals surface area contributed by atoms with Crippen LogP contribution < -0.4 is 0 Å². The average Bonchev–Trinajstić information content (AvgIpc) is 2.71. The molecule has 0 aliphatic heterocycles. The number of aliphatic carboxylic acids is 1. The summed E-state index contributed by atoms with van der Waals surface area (Å²) in [7, 11) is 0. The fourth-order valence-electron chi connectivity index (χ4n) is 1.89. The largest absolute Gasteiger partial charge is 0.479 e. The Kier molecular flexibility index (Phi) is 3.62. The lowest BCUT2D eigenvalue weighted by Crippen LogP contribution is -2.29. The van der Waals surface area contributed by atoms with Crippen molar-refractivity contribution >= 4 is 17.0 Å². The maximum absolute atomic E-state index is 11.1. The van der Waals surface area contributed by atoms with Crippen molar-refractivity contribution in [2.45, 2.75) is 32.5 Å². The Balaban J connectivity index is 2.23. The number of carboxylic acid groups (broad SMARTS) is 1. The molecule has 0 unspecified atom stereocenters. The number of pyridine rings is 1. The minimum absolute atomic E-state index is 0.121. The molecule has 18 heavy (non-hydrogen) atoms. The predicted molar refractivity (Wildman–Crippen MR) is 67.4 cm³/mol. The molecule has 5 nitrogen and oxygen atoms in total. The highest BCUT2D eigenvalue weighted by Gasteiger charge is 2.21. The standard InChI is InChI=1S/C13H16N2O3/c1-8(2)18-11(13(16)17)6-9-7-15-10-4-3-5-14-12(9)10/h3-5,7-8,11,15H,6H2,1-2H3,(H,16,17)/t11-/m0/s1. The molecule has 0 bridgehead atoms. The van der Waals surface area contributed by atoms with E-state index < -0.39 is 12.1 Å². The van der Waals surface area contributed by atoms with Gasteiger partial charge >= 0.3 is 5.97 Å². The highest BCUT2D eigenvalue weighted by atomic mass is 16.5. The second-order valence-electron chi connectivity index (χ2n) is 4.43. The van der Waals surface area contributed by atoms with Crippen LogP contribution in [0.4, 0.5) is 0 Å². The summed E-state index contributed by atoms with van der Waals surface area (Å²) in [5, 5.41) is 9.14. The number of carbonyl (C=O) groups is 1. The van der Waals surface area contributed by atoms with Gasteiger partial charge in [0, 0.05) is 18.8 Å². The van der Waals surface area contributed by atoms with E-state index in [-0.39, 0.29) is 6.10 Å². The lowest BCUT2D eigenvalue weighted by atomic mass is 10.1. The Morgan fingerprint density at radius 2 is 2.33 bits per heavy atom. The Bertz CT molecular complexity index is 548. The zero-order valence-corrected chi connectivity index (χ0v) is 10.4. The van der Waals surface area contributed by atoms with Gasteiger partial charge in [0.2, 0.25) is 0 Å². The molecule has 0 saturated carbocycles. The first-order valence-electron chi connectivity index (χ1n) is 5.87. The maximum Gasteiger partial charge on any atom is 0.333 e. The van der Waals surface area contributed by atoms with Crippen LogP contribution in [0.25, 0.3) is 11.0 Å². The number of H-pyrrole nitrogens is 1. The Morgan fingerprint density at radius 1 is 1.56 bits per heavy atom. The molecule has 2 aromatic heterocycles. The van der Waals surface area contributed by atoms with Crippen LogP contribution in [0.3, 0.4) is 0 Å². The Hall–Kier alpha value is -1.88. The topological polar surface area (TPSA) is 75.2 Å². The molecule has 0 radical (unpaired) electrons. The number of hydrogen-bond acceptors (Lipinski definition) is 3. The van der Waals surface area contributed by atoms with Crippen LogP contribution in [0, 0.1) is 0 Å². The van der Waals surface area contributed by atoms with Gasteiger partial charge in [0.15, 0.2) is 6.10 Å². The number of fused-ring (bicyclic) bond motifs is 1. The van der Waals surface area contributed by atoms with Gasteiger partial charge in [-0.15, -0.1) is 0 Å². The molecule has 2 heterocycles. The van der Waals surface area contributed by atoms with Gasteiger partial charge in [-0.3, -0.25) is 4.98 Å². The van der Waals surface area contributed by atoms with Gasteiger partial charge in [-0.1, -0.05) is 0 Å². The van der Waals surface area contributed by atoms with E-state index in [1.165, 1.54) is 0 Å². The van der Waals surface area contributed by atoms with Gasteiger partial charge in [-0.2, -0.15) is 0 Å². The van der Waals surface area contributed by atoms with Gasteiger partial charge < -0.3 is 14.8 Å². The van der Waals surface area contributed by atoms with Crippen molar-refractivity contribution in [3.05, 3.63) is 30.1 Å². The molecule has 2 aromatic rings. The SMILES string of the molecule is CC(C)O[C@@H](Cc1c[nH]c2cccnc12)C(=O)O. The van der Waals surface area contributed by atoms with Crippen LogP contribution in [0.2, 0.25) is 0 Å². The lowest BCUT2D eigenvalue weighted by Gasteiger charge is -2.15. The minimum atomic E-state index is -0.950. The number of rotatable bonds is 5.